The highest BCUT2D eigenvalue weighted by molar-refractivity contribution is 5.92. The average molecular weight is 265 g/mol. The molecule has 0 bridgehead atoms. The van der Waals surface area contributed by atoms with Crippen molar-refractivity contribution in [3.8, 4) is 11.5 Å². The van der Waals surface area contributed by atoms with Gasteiger partial charge in [-0.2, -0.15) is 0 Å². The van der Waals surface area contributed by atoms with Crippen molar-refractivity contribution in [2.24, 2.45) is 10.7 Å². The van der Waals surface area contributed by atoms with Crippen molar-refractivity contribution < 1.29 is 14.2 Å². The Hall–Kier alpha value is -1.95. The summed E-state index contributed by atoms with van der Waals surface area (Å²) in [5, 5.41) is 3.01. The fraction of sp³-hybridized carbons (Fsp3) is 0.462. The molecule has 19 heavy (non-hydrogen) atoms. The molecule has 0 saturated carbocycles. The molecule has 0 fully saturated rings. The number of nitrogens with one attached hydrogen (secondary N) is 1. The molecule has 2 rings (SSSR count). The van der Waals surface area contributed by atoms with Gasteiger partial charge in [0.1, 0.15) is 0 Å². The van der Waals surface area contributed by atoms with Crippen LogP contribution in [0.5, 0.6) is 11.5 Å². The maximum absolute atomic E-state index is 5.76. The van der Waals surface area contributed by atoms with Gasteiger partial charge in [-0.3, -0.25) is 4.99 Å². The highest BCUT2D eigenvalue weighted by atomic mass is 16.5. The molecule has 3 N–H and O–H groups in total. The van der Waals surface area contributed by atoms with Gasteiger partial charge < -0.3 is 25.3 Å². The topological polar surface area (TPSA) is 78.1 Å². The molecule has 1 aromatic rings. The number of ether oxygens (including phenoxy) is 3. The molecule has 0 aromatic heterocycles. The van der Waals surface area contributed by atoms with Crippen molar-refractivity contribution in [2.45, 2.75) is 6.42 Å². The maximum Gasteiger partial charge on any atom is 0.193 e. The van der Waals surface area contributed by atoms with Crippen molar-refractivity contribution in [2.75, 3.05) is 38.8 Å². The first kappa shape index (κ1) is 13.5. The summed E-state index contributed by atoms with van der Waals surface area (Å²) in [6.07, 6.45) is 0.887. The molecule has 1 aliphatic rings. The van der Waals surface area contributed by atoms with E-state index in [9.17, 15) is 0 Å². The average Bonchev–Trinajstić information content (AvgIpc) is 2.63. The van der Waals surface area contributed by atoms with Crippen LogP contribution >= 0.6 is 0 Å². The van der Waals surface area contributed by atoms with Gasteiger partial charge >= 0.3 is 0 Å². The normalized spacial score (nSPS) is 14.9. The first-order valence-corrected chi connectivity index (χ1v) is 6.25. The van der Waals surface area contributed by atoms with Crippen molar-refractivity contribution in [1.82, 2.24) is 0 Å². The molecule has 0 radical (unpaired) electrons. The molecule has 6 nitrogen and oxygen atoms in total. The number of hydrogen-bond acceptors (Lipinski definition) is 4. The number of aliphatic imine (C=N–C) groups is 1. The van der Waals surface area contributed by atoms with Gasteiger partial charge in [-0.25, -0.2) is 0 Å². The number of methoxy groups -OCH3 is 1. The molecule has 104 valence electrons. The number of anilines is 1. The lowest BCUT2D eigenvalue weighted by Crippen LogP contribution is -2.23. The fourth-order valence-corrected chi connectivity index (χ4v) is 1.69. The number of benzene rings is 1. The third kappa shape index (κ3) is 4.03. The summed E-state index contributed by atoms with van der Waals surface area (Å²) >= 11 is 0. The molecular weight excluding hydrogens is 246 g/mol. The number of nitrogens with two attached hydrogens (primary N) is 1. The SMILES string of the molecule is COCCN=C(N)Nc1ccc2c(c1)OCCCO2. The summed E-state index contributed by atoms with van der Waals surface area (Å²) in [5.41, 5.74) is 6.59. The van der Waals surface area contributed by atoms with Crippen molar-refractivity contribution in [1.29, 1.82) is 0 Å². The van der Waals surface area contributed by atoms with Crippen LogP contribution in [0.15, 0.2) is 23.2 Å². The molecular formula is C13H19N3O3. The minimum Gasteiger partial charge on any atom is -0.490 e. The summed E-state index contributed by atoms with van der Waals surface area (Å²) in [6, 6.07) is 5.61. The van der Waals surface area contributed by atoms with E-state index in [4.69, 9.17) is 19.9 Å². The van der Waals surface area contributed by atoms with E-state index in [0.29, 0.717) is 32.3 Å². The predicted molar refractivity (Wildman–Crippen MR) is 74.0 cm³/mol. The second-order valence-corrected chi connectivity index (χ2v) is 4.10. The summed E-state index contributed by atoms with van der Waals surface area (Å²) in [6.45, 7) is 2.41. The smallest absolute Gasteiger partial charge is 0.193 e. The molecule has 0 spiro atoms. The quantitative estimate of drug-likeness (QED) is 0.486. The standard InChI is InChI=1S/C13H19N3O3/c1-17-8-5-15-13(14)16-10-3-4-11-12(9-10)19-7-2-6-18-11/h3-4,9H,2,5-8H2,1H3,(H3,14,15,16). The Bertz CT molecular complexity index is 449. The monoisotopic (exact) mass is 265 g/mol. The van der Waals surface area contributed by atoms with Crippen LogP contribution in [0.1, 0.15) is 6.42 Å². The summed E-state index contributed by atoms with van der Waals surface area (Å²) in [7, 11) is 1.63. The van der Waals surface area contributed by atoms with Gasteiger partial charge in [-0.05, 0) is 12.1 Å². The second-order valence-electron chi connectivity index (χ2n) is 4.10. The summed E-state index contributed by atoms with van der Waals surface area (Å²) in [5.74, 6) is 1.84. The molecule has 0 atom stereocenters. The van der Waals surface area contributed by atoms with Gasteiger partial charge in [0, 0.05) is 25.3 Å². The molecule has 0 saturated heterocycles. The Morgan fingerprint density at radius 3 is 2.95 bits per heavy atom. The number of fused-ring (bicyclic) bond motifs is 1. The van der Waals surface area contributed by atoms with E-state index < -0.39 is 0 Å². The minimum absolute atomic E-state index is 0.353. The zero-order valence-electron chi connectivity index (χ0n) is 11.0. The van der Waals surface area contributed by atoms with Gasteiger partial charge in [0.25, 0.3) is 0 Å². The van der Waals surface area contributed by atoms with E-state index in [1.807, 2.05) is 18.2 Å². The highest BCUT2D eigenvalue weighted by Crippen LogP contribution is 2.32. The van der Waals surface area contributed by atoms with Gasteiger partial charge in [-0.15, -0.1) is 0 Å². The van der Waals surface area contributed by atoms with E-state index in [2.05, 4.69) is 10.3 Å². The number of nitrogens with zero attached hydrogens (tertiary/aromatic N) is 1. The van der Waals surface area contributed by atoms with Crippen molar-refractivity contribution in [3.63, 3.8) is 0 Å². The van der Waals surface area contributed by atoms with Crippen LogP contribution in [0.3, 0.4) is 0 Å². The lowest BCUT2D eigenvalue weighted by molar-refractivity contribution is 0.208. The van der Waals surface area contributed by atoms with E-state index in [1.165, 1.54) is 0 Å². The van der Waals surface area contributed by atoms with Crippen LogP contribution in [-0.4, -0.2) is 39.4 Å². The van der Waals surface area contributed by atoms with E-state index in [1.54, 1.807) is 7.11 Å². The lowest BCUT2D eigenvalue weighted by Gasteiger charge is -2.10. The van der Waals surface area contributed by atoms with Crippen LogP contribution in [0.4, 0.5) is 5.69 Å². The van der Waals surface area contributed by atoms with E-state index in [0.717, 1.165) is 23.6 Å². The Kier molecular flexibility index (Phi) is 4.85. The van der Waals surface area contributed by atoms with Crippen LogP contribution < -0.4 is 20.5 Å². The van der Waals surface area contributed by atoms with Crippen molar-refractivity contribution >= 4 is 11.6 Å². The van der Waals surface area contributed by atoms with E-state index in [-0.39, 0.29) is 0 Å². The number of guanidine groups is 1. The van der Waals surface area contributed by atoms with Crippen molar-refractivity contribution in [3.05, 3.63) is 18.2 Å². The Balaban J connectivity index is 2.01. The Labute approximate surface area is 112 Å². The van der Waals surface area contributed by atoms with Gasteiger partial charge in [0.15, 0.2) is 17.5 Å². The van der Waals surface area contributed by atoms with Crippen LogP contribution in [0, 0.1) is 0 Å². The summed E-state index contributed by atoms with van der Waals surface area (Å²) < 4.78 is 16.1. The third-order valence-electron chi connectivity index (χ3n) is 2.60. The maximum atomic E-state index is 5.76. The molecule has 1 heterocycles. The minimum atomic E-state index is 0.353. The zero-order chi connectivity index (χ0) is 13.5. The van der Waals surface area contributed by atoms with Crippen LogP contribution in [0.25, 0.3) is 0 Å². The number of hydrogen-bond donors (Lipinski definition) is 2. The van der Waals surface area contributed by atoms with Gasteiger partial charge in [-0.1, -0.05) is 0 Å². The summed E-state index contributed by atoms with van der Waals surface area (Å²) in [4.78, 5) is 4.13. The number of rotatable bonds is 4. The third-order valence-corrected chi connectivity index (χ3v) is 2.60. The molecule has 0 unspecified atom stereocenters. The van der Waals surface area contributed by atoms with Crippen LogP contribution in [-0.2, 0) is 4.74 Å². The molecule has 1 aromatic carbocycles. The molecule has 0 aliphatic carbocycles. The Morgan fingerprint density at radius 2 is 2.16 bits per heavy atom. The van der Waals surface area contributed by atoms with E-state index >= 15 is 0 Å². The fourth-order valence-electron chi connectivity index (χ4n) is 1.69. The largest absolute Gasteiger partial charge is 0.490 e. The molecule has 1 aliphatic heterocycles. The predicted octanol–water partition coefficient (Wildman–Crippen LogP) is 1.22. The highest BCUT2D eigenvalue weighted by Gasteiger charge is 2.10. The zero-order valence-corrected chi connectivity index (χ0v) is 11.0. The van der Waals surface area contributed by atoms with Gasteiger partial charge in [0.05, 0.1) is 26.4 Å². The Morgan fingerprint density at radius 1 is 1.37 bits per heavy atom. The second kappa shape index (κ2) is 6.84. The van der Waals surface area contributed by atoms with Gasteiger partial charge in [0.2, 0.25) is 0 Å². The lowest BCUT2D eigenvalue weighted by atomic mass is 10.3. The molecule has 6 heteroatoms. The first-order valence-electron chi connectivity index (χ1n) is 6.25. The molecule has 0 amide bonds. The van der Waals surface area contributed by atoms with Crippen LogP contribution in [0.2, 0.25) is 0 Å². The first-order chi connectivity index (χ1) is 9.29.